The van der Waals surface area contributed by atoms with Gasteiger partial charge in [0.15, 0.2) is 11.0 Å². The first-order chi connectivity index (χ1) is 14.5. The number of carbonyl (C=O) groups excluding carboxylic acids is 2. The Bertz CT molecular complexity index is 1080. The molecule has 3 aromatic rings. The average Bonchev–Trinajstić information content (AvgIpc) is 3.40. The van der Waals surface area contributed by atoms with Gasteiger partial charge in [0.05, 0.1) is 11.3 Å². The van der Waals surface area contributed by atoms with Crippen molar-refractivity contribution >= 4 is 39.9 Å². The summed E-state index contributed by atoms with van der Waals surface area (Å²) in [6, 6.07) is 9.47. The maximum absolute atomic E-state index is 12.5. The molecule has 1 aliphatic carbocycles. The molecule has 0 saturated heterocycles. The van der Waals surface area contributed by atoms with Crippen LogP contribution in [0.1, 0.15) is 33.0 Å². The molecule has 1 aliphatic rings. The number of aryl methyl sites for hydroxylation is 1. The van der Waals surface area contributed by atoms with Gasteiger partial charge in [-0.2, -0.15) is 0 Å². The Hall–Kier alpha value is -2.85. The predicted molar refractivity (Wildman–Crippen MR) is 116 cm³/mol. The second-order valence-electron chi connectivity index (χ2n) is 6.82. The van der Waals surface area contributed by atoms with Gasteiger partial charge in [-0.25, -0.2) is 0 Å². The van der Waals surface area contributed by atoms with Gasteiger partial charge >= 0.3 is 0 Å². The Morgan fingerprint density at radius 1 is 1.27 bits per heavy atom. The fourth-order valence-corrected chi connectivity index (χ4v) is 5.35. The number of fused-ring (bicyclic) bond motifs is 1. The molecule has 2 aromatic heterocycles. The zero-order valence-electron chi connectivity index (χ0n) is 16.4. The van der Waals surface area contributed by atoms with Crippen molar-refractivity contribution in [3.05, 3.63) is 52.2 Å². The van der Waals surface area contributed by atoms with Gasteiger partial charge in [-0.3, -0.25) is 9.59 Å². The van der Waals surface area contributed by atoms with Crippen LogP contribution in [-0.4, -0.2) is 32.3 Å². The van der Waals surface area contributed by atoms with Crippen LogP contribution >= 0.6 is 23.1 Å². The summed E-state index contributed by atoms with van der Waals surface area (Å²) < 4.78 is 7.50. The first-order valence-electron chi connectivity index (χ1n) is 9.46. The van der Waals surface area contributed by atoms with Crippen LogP contribution in [0.2, 0.25) is 0 Å². The summed E-state index contributed by atoms with van der Waals surface area (Å²) in [6.07, 6.45) is 2.78. The molecule has 3 N–H and O–H groups in total. The first-order valence-corrected chi connectivity index (χ1v) is 11.3. The molecule has 2 heterocycles. The fourth-order valence-electron chi connectivity index (χ4n) is 3.31. The summed E-state index contributed by atoms with van der Waals surface area (Å²) in [5.74, 6) is 0.850. The van der Waals surface area contributed by atoms with E-state index >= 15 is 0 Å². The quantitative estimate of drug-likeness (QED) is 0.518. The number of nitrogens with zero attached hydrogens (tertiary/aromatic N) is 3. The standard InChI is InChI=1S/C20H21N5O3S2/c1-25-15(10-28-12-6-3-2-4-7-12)23-24-20(25)29-11-16(26)22-19-17(18(21)27)13-8-5-9-14(13)30-19/h2-4,6-7H,5,8-11H2,1H3,(H2,21,27)(H,22,26). The molecule has 0 atom stereocenters. The van der Waals surface area contributed by atoms with Gasteiger partial charge in [0.1, 0.15) is 17.4 Å². The Morgan fingerprint density at radius 3 is 2.83 bits per heavy atom. The van der Waals surface area contributed by atoms with E-state index in [1.165, 1.54) is 23.1 Å². The largest absolute Gasteiger partial charge is 0.486 e. The SMILES string of the molecule is Cn1c(COc2ccccc2)nnc1SCC(=O)Nc1sc2c(c1C(N)=O)CCC2. The minimum absolute atomic E-state index is 0.145. The molecule has 0 radical (unpaired) electrons. The molecule has 0 bridgehead atoms. The number of para-hydroxylation sites is 1. The predicted octanol–water partition coefficient (Wildman–Crippen LogP) is 2.77. The van der Waals surface area contributed by atoms with Crippen molar-refractivity contribution in [2.75, 3.05) is 11.1 Å². The molecule has 8 nitrogen and oxygen atoms in total. The minimum Gasteiger partial charge on any atom is -0.486 e. The Kier molecular flexibility index (Phi) is 6.05. The second-order valence-corrected chi connectivity index (χ2v) is 8.87. The monoisotopic (exact) mass is 443 g/mol. The molecule has 4 rings (SSSR count). The van der Waals surface area contributed by atoms with Crippen LogP contribution in [0, 0.1) is 0 Å². The third-order valence-electron chi connectivity index (χ3n) is 4.79. The van der Waals surface area contributed by atoms with E-state index in [0.717, 1.165) is 35.5 Å². The highest BCUT2D eigenvalue weighted by Gasteiger charge is 2.26. The highest BCUT2D eigenvalue weighted by atomic mass is 32.2. The summed E-state index contributed by atoms with van der Waals surface area (Å²) >= 11 is 2.72. The van der Waals surface area contributed by atoms with E-state index in [1.54, 1.807) is 4.57 Å². The van der Waals surface area contributed by atoms with Crippen LogP contribution in [0.4, 0.5) is 5.00 Å². The maximum atomic E-state index is 12.5. The highest BCUT2D eigenvalue weighted by molar-refractivity contribution is 7.99. The van der Waals surface area contributed by atoms with Gasteiger partial charge in [-0.15, -0.1) is 21.5 Å². The summed E-state index contributed by atoms with van der Waals surface area (Å²) in [7, 11) is 1.83. The molecule has 2 amide bonds. The molecule has 0 fully saturated rings. The number of aromatic nitrogens is 3. The van der Waals surface area contributed by atoms with Crippen LogP contribution in [0.15, 0.2) is 35.5 Å². The molecule has 30 heavy (non-hydrogen) atoms. The van der Waals surface area contributed by atoms with Gasteiger partial charge in [-0.05, 0) is 37.0 Å². The molecular formula is C20H21N5O3S2. The van der Waals surface area contributed by atoms with Crippen molar-refractivity contribution < 1.29 is 14.3 Å². The minimum atomic E-state index is -0.492. The highest BCUT2D eigenvalue weighted by Crippen LogP contribution is 2.38. The van der Waals surface area contributed by atoms with Gasteiger partial charge in [0, 0.05) is 11.9 Å². The van der Waals surface area contributed by atoms with Crippen molar-refractivity contribution in [3.63, 3.8) is 0 Å². The summed E-state index contributed by atoms with van der Waals surface area (Å²) in [4.78, 5) is 25.5. The number of thioether (sulfide) groups is 1. The van der Waals surface area contributed by atoms with E-state index in [1.807, 2.05) is 37.4 Å². The van der Waals surface area contributed by atoms with Crippen LogP contribution in [0.3, 0.4) is 0 Å². The number of carbonyl (C=O) groups is 2. The van der Waals surface area contributed by atoms with Crippen molar-refractivity contribution in [3.8, 4) is 5.75 Å². The molecule has 0 aliphatic heterocycles. The normalized spacial score (nSPS) is 12.6. The smallest absolute Gasteiger partial charge is 0.251 e. The van der Waals surface area contributed by atoms with E-state index in [9.17, 15) is 9.59 Å². The zero-order valence-corrected chi connectivity index (χ0v) is 18.0. The van der Waals surface area contributed by atoms with E-state index in [0.29, 0.717) is 21.5 Å². The summed E-state index contributed by atoms with van der Waals surface area (Å²) in [5, 5.41) is 12.3. The van der Waals surface area contributed by atoms with Crippen LogP contribution in [-0.2, 0) is 31.3 Å². The Balaban J connectivity index is 1.35. The number of primary amides is 1. The lowest BCUT2D eigenvalue weighted by Gasteiger charge is -2.07. The number of nitrogens with one attached hydrogen (secondary N) is 1. The average molecular weight is 444 g/mol. The zero-order chi connectivity index (χ0) is 21.1. The number of hydrogen-bond acceptors (Lipinski definition) is 7. The van der Waals surface area contributed by atoms with Crippen LogP contribution in [0.25, 0.3) is 0 Å². The van der Waals surface area contributed by atoms with Crippen molar-refractivity contribution in [2.45, 2.75) is 31.0 Å². The first kappa shape index (κ1) is 20.4. The van der Waals surface area contributed by atoms with E-state index < -0.39 is 5.91 Å². The summed E-state index contributed by atoms with van der Waals surface area (Å²) in [5.41, 5.74) is 7.00. The molecule has 10 heteroatoms. The van der Waals surface area contributed by atoms with Crippen molar-refractivity contribution in [1.29, 1.82) is 0 Å². The van der Waals surface area contributed by atoms with Crippen LogP contribution in [0.5, 0.6) is 5.75 Å². The number of hydrogen-bond donors (Lipinski definition) is 2. The fraction of sp³-hybridized carbons (Fsp3) is 0.300. The summed E-state index contributed by atoms with van der Waals surface area (Å²) in [6.45, 7) is 0.281. The molecule has 0 unspecified atom stereocenters. The number of benzene rings is 1. The number of anilines is 1. The number of amides is 2. The van der Waals surface area contributed by atoms with Gasteiger partial charge in [-0.1, -0.05) is 30.0 Å². The van der Waals surface area contributed by atoms with E-state index in [4.69, 9.17) is 10.5 Å². The van der Waals surface area contributed by atoms with Gasteiger partial charge in [0.2, 0.25) is 5.91 Å². The van der Waals surface area contributed by atoms with E-state index in [2.05, 4.69) is 15.5 Å². The number of ether oxygens (including phenoxy) is 1. The number of thiophene rings is 1. The molecular weight excluding hydrogens is 422 g/mol. The topological polar surface area (TPSA) is 112 Å². The Labute approximate surface area is 181 Å². The lowest BCUT2D eigenvalue weighted by molar-refractivity contribution is -0.113. The van der Waals surface area contributed by atoms with Gasteiger partial charge < -0.3 is 20.4 Å². The van der Waals surface area contributed by atoms with Crippen LogP contribution < -0.4 is 15.8 Å². The number of rotatable bonds is 8. The Morgan fingerprint density at radius 2 is 2.07 bits per heavy atom. The molecule has 0 saturated carbocycles. The third kappa shape index (κ3) is 4.34. The maximum Gasteiger partial charge on any atom is 0.251 e. The third-order valence-corrected chi connectivity index (χ3v) is 7.02. The molecule has 1 aromatic carbocycles. The molecule has 156 valence electrons. The van der Waals surface area contributed by atoms with E-state index in [-0.39, 0.29) is 18.3 Å². The van der Waals surface area contributed by atoms with Crippen molar-refractivity contribution in [1.82, 2.24) is 14.8 Å². The lowest BCUT2D eigenvalue weighted by atomic mass is 10.1. The number of nitrogens with two attached hydrogens (primary N) is 1. The van der Waals surface area contributed by atoms with Crippen molar-refractivity contribution in [2.24, 2.45) is 12.8 Å². The van der Waals surface area contributed by atoms with Gasteiger partial charge in [0.25, 0.3) is 5.91 Å². The second kappa shape index (κ2) is 8.88. The molecule has 0 spiro atoms. The lowest BCUT2D eigenvalue weighted by Crippen LogP contribution is -2.19.